The van der Waals surface area contributed by atoms with Crippen LogP contribution in [0.25, 0.3) is 0 Å². The minimum Gasteiger partial charge on any atom is -0.454 e. The van der Waals surface area contributed by atoms with E-state index in [0.717, 1.165) is 37.7 Å². The fourth-order valence-corrected chi connectivity index (χ4v) is 4.47. The van der Waals surface area contributed by atoms with Crippen molar-refractivity contribution in [1.82, 2.24) is 4.98 Å². The number of nitrogens with zero attached hydrogens (tertiary/aromatic N) is 1. The van der Waals surface area contributed by atoms with Gasteiger partial charge < -0.3 is 14.8 Å². The van der Waals surface area contributed by atoms with E-state index in [1.807, 2.05) is 54.8 Å². The molecule has 0 saturated heterocycles. The fraction of sp³-hybridized carbons (Fsp3) is 0.200. The number of hydrogen-bond donors (Lipinski definition) is 1. The Balaban J connectivity index is 1.29. The first-order valence-corrected chi connectivity index (χ1v) is 10.2. The maximum Gasteiger partial charge on any atom is 0.231 e. The molecule has 1 aliphatic heterocycles. The molecule has 0 bridgehead atoms. The van der Waals surface area contributed by atoms with Gasteiger partial charge in [0, 0.05) is 28.1 Å². The number of nitrogens with one attached hydrogen (secondary N) is 1. The summed E-state index contributed by atoms with van der Waals surface area (Å²) in [6.45, 7) is 2.25. The van der Waals surface area contributed by atoms with Crippen molar-refractivity contribution >= 4 is 34.7 Å². The maximum absolute atomic E-state index is 12.2. The van der Waals surface area contributed by atoms with E-state index < -0.39 is 0 Å². The second-order valence-corrected chi connectivity index (χ2v) is 8.30. The van der Waals surface area contributed by atoms with Gasteiger partial charge in [-0.2, -0.15) is 0 Å². The van der Waals surface area contributed by atoms with Crippen LogP contribution in [0.3, 0.4) is 0 Å². The molecule has 0 radical (unpaired) electrons. The molecule has 0 spiro atoms. The summed E-state index contributed by atoms with van der Waals surface area (Å²) in [6, 6.07) is 13.6. The molecule has 5 nitrogen and oxygen atoms in total. The van der Waals surface area contributed by atoms with Gasteiger partial charge in [0.2, 0.25) is 12.7 Å². The summed E-state index contributed by atoms with van der Waals surface area (Å²) in [6.07, 6.45) is 1.06. The molecule has 3 aromatic rings. The van der Waals surface area contributed by atoms with Gasteiger partial charge in [-0.05, 0) is 55.3 Å². The van der Waals surface area contributed by atoms with E-state index in [9.17, 15) is 4.79 Å². The second kappa shape index (κ2) is 8.02. The minimum absolute atomic E-state index is 0.0105. The van der Waals surface area contributed by atoms with Crippen LogP contribution in [0, 0.1) is 6.92 Å². The zero-order chi connectivity index (χ0) is 18.6. The number of carbonyl (C=O) groups is 1. The van der Waals surface area contributed by atoms with E-state index in [1.165, 1.54) is 0 Å². The molecule has 1 N–H and O–H groups in total. The van der Waals surface area contributed by atoms with Crippen molar-refractivity contribution in [2.75, 3.05) is 12.1 Å². The zero-order valence-corrected chi connectivity index (χ0v) is 16.4. The molecular weight excluding hydrogens is 380 g/mol. The first kappa shape index (κ1) is 17.9. The predicted molar refractivity (Wildman–Crippen MR) is 107 cm³/mol. The lowest BCUT2D eigenvalue weighted by Crippen LogP contribution is -2.12. The molecule has 0 saturated carbocycles. The van der Waals surface area contributed by atoms with Crippen LogP contribution < -0.4 is 14.8 Å². The number of carbonyl (C=O) groups excluding carboxylic acids is 1. The first-order chi connectivity index (χ1) is 13.2. The van der Waals surface area contributed by atoms with E-state index in [1.54, 1.807) is 23.1 Å². The number of aryl methyl sites for hydroxylation is 2. The summed E-state index contributed by atoms with van der Waals surface area (Å²) >= 11 is 3.26. The number of hydrogen-bond acceptors (Lipinski definition) is 6. The van der Waals surface area contributed by atoms with Crippen LogP contribution in [-0.4, -0.2) is 17.7 Å². The lowest BCUT2D eigenvalue weighted by Gasteiger charge is -2.07. The number of fused-ring (bicyclic) bond motifs is 1. The van der Waals surface area contributed by atoms with Crippen molar-refractivity contribution in [3.63, 3.8) is 0 Å². The number of benzene rings is 2. The Morgan fingerprint density at radius 2 is 2.00 bits per heavy atom. The van der Waals surface area contributed by atoms with Crippen molar-refractivity contribution in [3.8, 4) is 11.5 Å². The smallest absolute Gasteiger partial charge is 0.231 e. The molecular formula is C20H18N2O3S2. The normalized spacial score (nSPS) is 12.2. The largest absolute Gasteiger partial charge is 0.454 e. The van der Waals surface area contributed by atoms with Crippen LogP contribution in [0.1, 0.15) is 17.7 Å². The molecule has 4 rings (SSSR count). The lowest BCUT2D eigenvalue weighted by atomic mass is 10.1. The van der Waals surface area contributed by atoms with Crippen LogP contribution in [0.5, 0.6) is 11.5 Å². The summed E-state index contributed by atoms with van der Waals surface area (Å²) in [7, 11) is 0. The van der Waals surface area contributed by atoms with Crippen LogP contribution >= 0.6 is 23.1 Å². The zero-order valence-electron chi connectivity index (χ0n) is 14.7. The SMILES string of the molecule is Cc1csc(Sc2ccc(NC(=O)CCc3ccc4c(c3)OCO4)cc2)n1. The fourth-order valence-electron chi connectivity index (χ4n) is 2.66. The lowest BCUT2D eigenvalue weighted by molar-refractivity contribution is -0.116. The molecule has 27 heavy (non-hydrogen) atoms. The highest BCUT2D eigenvalue weighted by Gasteiger charge is 2.13. The number of amides is 1. The minimum atomic E-state index is -0.0105. The van der Waals surface area contributed by atoms with Gasteiger partial charge in [-0.3, -0.25) is 4.79 Å². The van der Waals surface area contributed by atoms with Gasteiger partial charge in [-0.1, -0.05) is 17.8 Å². The molecule has 138 valence electrons. The van der Waals surface area contributed by atoms with Gasteiger partial charge in [-0.25, -0.2) is 4.98 Å². The Labute approximate surface area is 165 Å². The van der Waals surface area contributed by atoms with E-state index >= 15 is 0 Å². The molecule has 2 heterocycles. The molecule has 1 amide bonds. The van der Waals surface area contributed by atoms with E-state index in [0.29, 0.717) is 12.8 Å². The number of aromatic nitrogens is 1. The number of anilines is 1. The highest BCUT2D eigenvalue weighted by Crippen LogP contribution is 2.33. The van der Waals surface area contributed by atoms with Gasteiger partial charge in [0.1, 0.15) is 0 Å². The standard InChI is InChI=1S/C20H18N2O3S2/c1-13-11-26-20(21-13)27-16-6-4-15(5-7-16)22-19(23)9-3-14-2-8-17-18(10-14)25-12-24-17/h2,4-8,10-11H,3,9,12H2,1H3,(H,22,23). The Kier molecular flexibility index (Phi) is 5.31. The molecule has 0 aliphatic carbocycles. The molecule has 0 atom stereocenters. The van der Waals surface area contributed by atoms with Gasteiger partial charge in [0.05, 0.1) is 0 Å². The summed E-state index contributed by atoms with van der Waals surface area (Å²) in [4.78, 5) is 17.8. The summed E-state index contributed by atoms with van der Waals surface area (Å²) in [5, 5.41) is 4.98. The Morgan fingerprint density at radius 1 is 1.19 bits per heavy atom. The molecule has 7 heteroatoms. The quantitative estimate of drug-likeness (QED) is 0.640. The molecule has 1 aliphatic rings. The highest BCUT2D eigenvalue weighted by atomic mass is 32.2. The molecule has 0 unspecified atom stereocenters. The van der Waals surface area contributed by atoms with Crippen molar-refractivity contribution in [1.29, 1.82) is 0 Å². The summed E-state index contributed by atoms with van der Waals surface area (Å²) in [5.41, 5.74) is 2.89. The van der Waals surface area contributed by atoms with E-state index in [-0.39, 0.29) is 12.7 Å². The number of rotatable bonds is 6. The topological polar surface area (TPSA) is 60.5 Å². The molecule has 0 fully saturated rings. The molecule has 2 aromatic carbocycles. The Bertz CT molecular complexity index is 954. The van der Waals surface area contributed by atoms with Crippen LogP contribution in [0.4, 0.5) is 5.69 Å². The average Bonchev–Trinajstić information content (AvgIpc) is 3.30. The second-order valence-electron chi connectivity index (χ2n) is 6.12. The van der Waals surface area contributed by atoms with Gasteiger partial charge in [-0.15, -0.1) is 11.3 Å². The average molecular weight is 399 g/mol. The third-order valence-electron chi connectivity index (χ3n) is 4.02. The van der Waals surface area contributed by atoms with Crippen LogP contribution in [0.15, 0.2) is 57.1 Å². The summed E-state index contributed by atoms with van der Waals surface area (Å²) < 4.78 is 11.7. The maximum atomic E-state index is 12.2. The van der Waals surface area contributed by atoms with Crippen molar-refractivity contribution in [3.05, 3.63) is 59.1 Å². The van der Waals surface area contributed by atoms with Gasteiger partial charge in [0.15, 0.2) is 15.8 Å². The molecule has 1 aromatic heterocycles. The third-order valence-corrected chi connectivity index (χ3v) is 6.08. The predicted octanol–water partition coefficient (Wildman–Crippen LogP) is 4.90. The van der Waals surface area contributed by atoms with Gasteiger partial charge in [0.25, 0.3) is 0 Å². The van der Waals surface area contributed by atoms with Gasteiger partial charge >= 0.3 is 0 Å². The first-order valence-electron chi connectivity index (χ1n) is 8.54. The number of ether oxygens (including phenoxy) is 2. The number of thiazole rings is 1. The van der Waals surface area contributed by atoms with E-state index in [4.69, 9.17) is 9.47 Å². The third kappa shape index (κ3) is 4.61. The van der Waals surface area contributed by atoms with E-state index in [2.05, 4.69) is 10.3 Å². The van der Waals surface area contributed by atoms with Crippen LogP contribution in [0.2, 0.25) is 0 Å². The van der Waals surface area contributed by atoms with Crippen molar-refractivity contribution < 1.29 is 14.3 Å². The van der Waals surface area contributed by atoms with Crippen molar-refractivity contribution in [2.24, 2.45) is 0 Å². The highest BCUT2D eigenvalue weighted by molar-refractivity contribution is 8.01. The van der Waals surface area contributed by atoms with Crippen LogP contribution in [-0.2, 0) is 11.2 Å². The monoisotopic (exact) mass is 398 g/mol. The van der Waals surface area contributed by atoms with Crippen molar-refractivity contribution in [2.45, 2.75) is 29.0 Å². The Hall–Kier alpha value is -2.51. The summed E-state index contributed by atoms with van der Waals surface area (Å²) in [5.74, 6) is 1.49. The Morgan fingerprint density at radius 3 is 2.78 bits per heavy atom.